The molecule has 1 N–H and O–H groups in total. The zero-order valence-electron chi connectivity index (χ0n) is 17.5. The number of terminal acetylenes is 1. The lowest BCUT2D eigenvalue weighted by Crippen LogP contribution is -2.45. The summed E-state index contributed by atoms with van der Waals surface area (Å²) in [7, 11) is 0. The lowest BCUT2D eigenvalue weighted by molar-refractivity contribution is 0.102. The molecule has 0 radical (unpaired) electrons. The van der Waals surface area contributed by atoms with E-state index in [1.54, 1.807) is 0 Å². The Kier molecular flexibility index (Phi) is 6.73. The normalized spacial score (nSPS) is 14.7. The van der Waals surface area contributed by atoms with Crippen molar-refractivity contribution in [2.45, 2.75) is 13.1 Å². The van der Waals surface area contributed by atoms with Crippen LogP contribution >= 0.6 is 0 Å². The van der Waals surface area contributed by atoms with Crippen molar-refractivity contribution in [2.75, 3.05) is 31.5 Å². The first-order chi connectivity index (χ1) is 15.2. The lowest BCUT2D eigenvalue weighted by Gasteiger charge is -2.34. The predicted molar refractivity (Wildman–Crippen MR) is 124 cm³/mol. The van der Waals surface area contributed by atoms with E-state index in [-0.39, 0.29) is 5.91 Å². The molecule has 1 aliphatic rings. The van der Waals surface area contributed by atoms with Crippen molar-refractivity contribution in [1.82, 2.24) is 14.8 Å². The Balaban J connectivity index is 1.26. The van der Waals surface area contributed by atoms with E-state index in [0.29, 0.717) is 5.56 Å². The topological polar surface area (TPSA) is 48.5 Å². The number of carbonyl (C=O) groups is 1. The molecular formula is C26H26N4O. The number of anilines is 1. The van der Waals surface area contributed by atoms with E-state index < -0.39 is 0 Å². The zero-order valence-corrected chi connectivity index (χ0v) is 17.5. The van der Waals surface area contributed by atoms with E-state index in [1.807, 2.05) is 67.0 Å². The Morgan fingerprint density at radius 1 is 0.903 bits per heavy atom. The molecule has 3 aromatic rings. The molecule has 31 heavy (non-hydrogen) atoms. The van der Waals surface area contributed by atoms with Gasteiger partial charge >= 0.3 is 0 Å². The summed E-state index contributed by atoms with van der Waals surface area (Å²) < 4.78 is 0. The maximum Gasteiger partial charge on any atom is 0.255 e. The summed E-state index contributed by atoms with van der Waals surface area (Å²) in [6.07, 6.45) is 9.12. The van der Waals surface area contributed by atoms with Crippen molar-refractivity contribution in [3.8, 4) is 12.3 Å². The molecule has 0 saturated carbocycles. The summed E-state index contributed by atoms with van der Waals surface area (Å²) in [4.78, 5) is 21.6. The lowest BCUT2D eigenvalue weighted by atomic mass is 10.1. The van der Waals surface area contributed by atoms with Gasteiger partial charge in [0.25, 0.3) is 5.91 Å². The second kappa shape index (κ2) is 10.0. The zero-order chi connectivity index (χ0) is 21.5. The van der Waals surface area contributed by atoms with Gasteiger partial charge in [-0.2, -0.15) is 0 Å². The minimum Gasteiger partial charge on any atom is -0.322 e. The number of nitrogens with one attached hydrogen (secondary N) is 1. The van der Waals surface area contributed by atoms with Gasteiger partial charge in [-0.15, -0.1) is 6.42 Å². The molecule has 0 aliphatic carbocycles. The Morgan fingerprint density at radius 2 is 1.55 bits per heavy atom. The number of benzene rings is 2. The van der Waals surface area contributed by atoms with Crippen LogP contribution in [0.2, 0.25) is 0 Å². The molecule has 1 aliphatic heterocycles. The van der Waals surface area contributed by atoms with E-state index in [0.717, 1.165) is 50.5 Å². The Morgan fingerprint density at radius 3 is 2.13 bits per heavy atom. The number of carbonyl (C=O) groups excluding carboxylic acids is 1. The number of amides is 1. The number of piperazine rings is 1. The molecule has 4 rings (SSSR count). The minimum atomic E-state index is -0.121. The number of nitrogens with zero attached hydrogens (tertiary/aromatic N) is 3. The number of pyridine rings is 1. The summed E-state index contributed by atoms with van der Waals surface area (Å²) in [5.41, 5.74) is 4.65. The highest BCUT2D eigenvalue weighted by Crippen LogP contribution is 2.14. The van der Waals surface area contributed by atoms with Crippen LogP contribution in [-0.2, 0) is 13.1 Å². The van der Waals surface area contributed by atoms with Gasteiger partial charge in [0.05, 0.1) is 0 Å². The highest BCUT2D eigenvalue weighted by molar-refractivity contribution is 6.04. The van der Waals surface area contributed by atoms with Crippen LogP contribution < -0.4 is 5.32 Å². The quantitative estimate of drug-likeness (QED) is 0.631. The standard InChI is InChI=1S/C26H26N4O/c1-2-21-7-11-25(12-8-21)28-26(31)24-9-5-22(6-10-24)19-29-14-16-30(17-15-29)20-23-4-3-13-27-18-23/h1,3-13,18H,14-17,19-20H2,(H,28,31). The Bertz CT molecular complexity index is 1030. The van der Waals surface area contributed by atoms with Gasteiger partial charge in [-0.1, -0.05) is 24.1 Å². The number of aromatic nitrogens is 1. The number of hydrogen-bond acceptors (Lipinski definition) is 4. The van der Waals surface area contributed by atoms with Crippen molar-refractivity contribution in [1.29, 1.82) is 0 Å². The molecule has 1 fully saturated rings. The number of rotatable bonds is 6. The van der Waals surface area contributed by atoms with Crippen LogP contribution in [-0.4, -0.2) is 46.9 Å². The molecule has 0 spiro atoms. The fourth-order valence-corrected chi connectivity index (χ4v) is 3.73. The molecule has 2 heterocycles. The molecule has 1 aromatic heterocycles. The van der Waals surface area contributed by atoms with Gasteiger partial charge in [-0.25, -0.2) is 0 Å². The largest absolute Gasteiger partial charge is 0.322 e. The summed E-state index contributed by atoms with van der Waals surface area (Å²) in [5, 5.41) is 2.91. The first-order valence-corrected chi connectivity index (χ1v) is 10.5. The van der Waals surface area contributed by atoms with E-state index in [9.17, 15) is 4.79 Å². The molecule has 2 aromatic carbocycles. The molecule has 0 bridgehead atoms. The average Bonchev–Trinajstić information content (AvgIpc) is 2.82. The molecule has 1 saturated heterocycles. The smallest absolute Gasteiger partial charge is 0.255 e. The van der Waals surface area contributed by atoms with E-state index in [1.165, 1.54) is 11.1 Å². The van der Waals surface area contributed by atoms with E-state index in [4.69, 9.17) is 6.42 Å². The Hall–Kier alpha value is -3.46. The van der Waals surface area contributed by atoms with Crippen molar-refractivity contribution < 1.29 is 4.79 Å². The average molecular weight is 411 g/mol. The van der Waals surface area contributed by atoms with Gasteiger partial charge in [0.2, 0.25) is 0 Å². The van der Waals surface area contributed by atoms with Crippen LogP contribution in [0.25, 0.3) is 0 Å². The van der Waals surface area contributed by atoms with Crippen molar-refractivity contribution in [3.05, 3.63) is 95.3 Å². The summed E-state index contributed by atoms with van der Waals surface area (Å²) in [5.74, 6) is 2.45. The van der Waals surface area contributed by atoms with Gasteiger partial charge in [-0.3, -0.25) is 19.6 Å². The van der Waals surface area contributed by atoms with E-state index in [2.05, 4.69) is 32.1 Å². The second-order valence-corrected chi connectivity index (χ2v) is 7.79. The van der Waals surface area contributed by atoms with Gasteiger partial charge in [-0.05, 0) is 53.6 Å². The summed E-state index contributed by atoms with van der Waals surface area (Å²) in [6.45, 7) is 6.03. The van der Waals surface area contributed by atoms with Crippen LogP contribution in [0.3, 0.4) is 0 Å². The molecule has 0 unspecified atom stereocenters. The van der Waals surface area contributed by atoms with Crippen molar-refractivity contribution in [2.24, 2.45) is 0 Å². The molecule has 156 valence electrons. The van der Waals surface area contributed by atoms with E-state index >= 15 is 0 Å². The molecule has 5 heteroatoms. The minimum absolute atomic E-state index is 0.121. The highest BCUT2D eigenvalue weighted by Gasteiger charge is 2.17. The van der Waals surface area contributed by atoms with Gasteiger partial charge < -0.3 is 5.32 Å². The SMILES string of the molecule is C#Cc1ccc(NC(=O)c2ccc(CN3CCN(Cc4cccnc4)CC3)cc2)cc1. The maximum absolute atomic E-state index is 12.5. The van der Waals surface area contributed by atoms with Crippen molar-refractivity contribution >= 4 is 11.6 Å². The molecular weight excluding hydrogens is 384 g/mol. The van der Waals surface area contributed by atoms with Crippen LogP contribution in [0.4, 0.5) is 5.69 Å². The predicted octanol–water partition coefficient (Wildman–Crippen LogP) is 3.63. The maximum atomic E-state index is 12.5. The van der Waals surface area contributed by atoms with Crippen LogP contribution in [0.15, 0.2) is 73.1 Å². The third-order valence-corrected chi connectivity index (χ3v) is 5.53. The Labute approximate surface area is 183 Å². The van der Waals surface area contributed by atoms with Crippen LogP contribution in [0.5, 0.6) is 0 Å². The fraction of sp³-hybridized carbons (Fsp3) is 0.231. The third kappa shape index (κ3) is 5.79. The van der Waals surface area contributed by atoms with Crippen LogP contribution in [0, 0.1) is 12.3 Å². The summed E-state index contributed by atoms with van der Waals surface area (Å²) in [6, 6.07) is 19.2. The second-order valence-electron chi connectivity index (χ2n) is 7.79. The molecule has 0 atom stereocenters. The van der Waals surface area contributed by atoms with Gasteiger partial charge in [0, 0.05) is 68.5 Å². The van der Waals surface area contributed by atoms with Crippen LogP contribution in [0.1, 0.15) is 27.0 Å². The highest BCUT2D eigenvalue weighted by atomic mass is 16.1. The van der Waals surface area contributed by atoms with Gasteiger partial charge in [0.1, 0.15) is 0 Å². The fourth-order valence-electron chi connectivity index (χ4n) is 3.73. The molecule has 1 amide bonds. The number of hydrogen-bond donors (Lipinski definition) is 1. The van der Waals surface area contributed by atoms with Gasteiger partial charge in [0.15, 0.2) is 0 Å². The first kappa shape index (κ1) is 20.8. The molecule has 5 nitrogen and oxygen atoms in total. The third-order valence-electron chi connectivity index (χ3n) is 5.53. The monoisotopic (exact) mass is 410 g/mol. The summed E-state index contributed by atoms with van der Waals surface area (Å²) >= 11 is 0. The first-order valence-electron chi connectivity index (χ1n) is 10.5. The van der Waals surface area contributed by atoms with Crippen molar-refractivity contribution in [3.63, 3.8) is 0 Å².